The van der Waals surface area contributed by atoms with Crippen molar-refractivity contribution in [3.8, 4) is 0 Å². The molecule has 4 rings (SSSR count). The van der Waals surface area contributed by atoms with E-state index in [4.69, 9.17) is 0 Å². The highest BCUT2D eigenvalue weighted by Crippen LogP contribution is 2.36. The highest BCUT2D eigenvalue weighted by molar-refractivity contribution is 5.82. The van der Waals surface area contributed by atoms with E-state index in [9.17, 15) is 4.79 Å². The highest BCUT2D eigenvalue weighted by Gasteiger charge is 2.31. The van der Waals surface area contributed by atoms with Crippen molar-refractivity contribution in [2.45, 2.75) is 84.3 Å². The summed E-state index contributed by atoms with van der Waals surface area (Å²) in [4.78, 5) is 14.6. The highest BCUT2D eigenvalue weighted by atomic mass is 16.1. The van der Waals surface area contributed by atoms with Crippen molar-refractivity contribution < 1.29 is 4.79 Å². The second-order valence-corrected chi connectivity index (χ2v) is 9.77. The Labute approximate surface area is 182 Å². The molecule has 1 aliphatic heterocycles. The van der Waals surface area contributed by atoms with Crippen LogP contribution in [0.2, 0.25) is 0 Å². The topological polar surface area (TPSA) is 37.3 Å². The summed E-state index contributed by atoms with van der Waals surface area (Å²) in [5.41, 5.74) is 2.56. The van der Waals surface area contributed by atoms with E-state index in [2.05, 4.69) is 59.0 Å². The summed E-state index contributed by atoms with van der Waals surface area (Å²) < 4.78 is 2.53. The van der Waals surface area contributed by atoms with Crippen LogP contribution in [-0.4, -0.2) is 34.5 Å². The first-order valence-corrected chi connectivity index (χ1v) is 12.2. The minimum Gasteiger partial charge on any atom is -0.351 e. The molecule has 1 saturated carbocycles. The maximum atomic E-state index is 11.8. The molecule has 1 amide bonds. The summed E-state index contributed by atoms with van der Waals surface area (Å²) in [6, 6.07) is 12.3. The Bertz CT molecular complexity index is 839. The molecule has 164 valence electrons. The van der Waals surface area contributed by atoms with E-state index in [0.29, 0.717) is 19.0 Å². The summed E-state index contributed by atoms with van der Waals surface area (Å²) in [6.07, 6.45) is 8.53. The number of rotatable bonds is 6. The van der Waals surface area contributed by atoms with E-state index in [1.807, 2.05) is 6.92 Å². The summed E-state index contributed by atoms with van der Waals surface area (Å²) >= 11 is 0. The third kappa shape index (κ3) is 4.59. The van der Waals surface area contributed by atoms with Crippen molar-refractivity contribution in [1.29, 1.82) is 0 Å². The molecular formula is C26H39N3O. The van der Waals surface area contributed by atoms with Crippen LogP contribution in [0.3, 0.4) is 0 Å². The molecule has 0 spiro atoms. The predicted octanol–water partition coefficient (Wildman–Crippen LogP) is 5.52. The number of carbonyl (C=O) groups is 1. The van der Waals surface area contributed by atoms with Gasteiger partial charge in [-0.25, -0.2) is 0 Å². The molecule has 1 N–H and O–H groups in total. The van der Waals surface area contributed by atoms with Crippen molar-refractivity contribution in [3.05, 3.63) is 36.0 Å². The van der Waals surface area contributed by atoms with Gasteiger partial charge < -0.3 is 14.8 Å². The molecule has 2 heterocycles. The van der Waals surface area contributed by atoms with Gasteiger partial charge in [0.25, 0.3) is 0 Å². The lowest BCUT2D eigenvalue weighted by atomic mass is 9.79. The van der Waals surface area contributed by atoms with E-state index >= 15 is 0 Å². The Morgan fingerprint density at radius 1 is 1.03 bits per heavy atom. The molecule has 1 aromatic carbocycles. The Hall–Kier alpha value is -1.81. The van der Waals surface area contributed by atoms with E-state index in [1.54, 1.807) is 0 Å². The first-order valence-electron chi connectivity index (χ1n) is 12.2. The number of piperidine rings is 1. The molecule has 2 fully saturated rings. The van der Waals surface area contributed by atoms with Crippen LogP contribution >= 0.6 is 0 Å². The molecule has 0 unspecified atom stereocenters. The monoisotopic (exact) mass is 409 g/mol. The van der Waals surface area contributed by atoms with Crippen LogP contribution < -0.4 is 5.32 Å². The fraction of sp³-hybridized carbons (Fsp3) is 0.654. The van der Waals surface area contributed by atoms with Gasteiger partial charge in [0.2, 0.25) is 5.91 Å². The third-order valence-corrected chi connectivity index (χ3v) is 7.68. The van der Waals surface area contributed by atoms with E-state index in [0.717, 1.165) is 17.9 Å². The molecule has 0 atom stereocenters. The van der Waals surface area contributed by atoms with Crippen LogP contribution in [0.5, 0.6) is 0 Å². The maximum absolute atomic E-state index is 11.8. The summed E-state index contributed by atoms with van der Waals surface area (Å²) in [5, 5.41) is 4.38. The van der Waals surface area contributed by atoms with E-state index in [-0.39, 0.29) is 5.91 Å². The summed E-state index contributed by atoms with van der Waals surface area (Å²) in [6.45, 7) is 9.72. The van der Waals surface area contributed by atoms with Crippen LogP contribution in [-0.2, 0) is 11.3 Å². The summed E-state index contributed by atoms with van der Waals surface area (Å²) in [7, 11) is 0. The van der Waals surface area contributed by atoms with Crippen LogP contribution in [0, 0.1) is 11.8 Å². The molecule has 1 aliphatic carbocycles. The molecule has 4 heteroatoms. The number of fused-ring (bicyclic) bond motifs is 1. The molecule has 1 aromatic heterocycles. The number of carbonyl (C=O) groups excluding carboxylic acids is 1. The Morgan fingerprint density at radius 3 is 2.40 bits per heavy atom. The fourth-order valence-corrected chi connectivity index (χ4v) is 5.76. The second kappa shape index (κ2) is 9.55. The second-order valence-electron chi connectivity index (χ2n) is 9.77. The quantitative estimate of drug-likeness (QED) is 0.682. The maximum Gasteiger partial charge on any atom is 0.220 e. The first kappa shape index (κ1) is 21.4. The molecule has 0 radical (unpaired) electrons. The smallest absolute Gasteiger partial charge is 0.220 e. The molecular weight excluding hydrogens is 370 g/mol. The Balaban J connectivity index is 1.43. The van der Waals surface area contributed by atoms with Gasteiger partial charge in [0.1, 0.15) is 0 Å². The number of nitrogens with zero attached hydrogens (tertiary/aromatic N) is 2. The number of hydrogen-bond acceptors (Lipinski definition) is 2. The average molecular weight is 410 g/mol. The van der Waals surface area contributed by atoms with Crippen LogP contribution in [0.15, 0.2) is 30.3 Å². The number of likely N-dealkylation sites (tertiary alicyclic amines) is 1. The zero-order chi connectivity index (χ0) is 21.1. The van der Waals surface area contributed by atoms with Gasteiger partial charge in [0.15, 0.2) is 0 Å². The lowest BCUT2D eigenvalue weighted by molar-refractivity contribution is -0.120. The first-order chi connectivity index (χ1) is 14.6. The van der Waals surface area contributed by atoms with E-state index < -0.39 is 0 Å². The van der Waals surface area contributed by atoms with Gasteiger partial charge in [0, 0.05) is 42.8 Å². The molecule has 2 aliphatic rings. The van der Waals surface area contributed by atoms with Crippen molar-refractivity contribution >= 4 is 16.8 Å². The van der Waals surface area contributed by atoms with E-state index in [1.165, 1.54) is 68.2 Å². The van der Waals surface area contributed by atoms with Gasteiger partial charge in [-0.3, -0.25) is 4.79 Å². The van der Waals surface area contributed by atoms with Gasteiger partial charge in [0.05, 0.1) is 6.54 Å². The van der Waals surface area contributed by atoms with Crippen molar-refractivity contribution in [3.63, 3.8) is 0 Å². The standard InChI is InChI=1S/C26H39N3O/c1-4-26(30)27-18-24-17-21-7-5-6-8-25(21)29(24)23-13-15-28(16-14-23)22-11-9-20(10-12-22)19(2)3/h5-8,17,19-20,22-23H,4,9-16,18H2,1-3H3,(H,27,30). The molecule has 4 nitrogen and oxygen atoms in total. The van der Waals surface area contributed by atoms with Gasteiger partial charge in [-0.15, -0.1) is 0 Å². The van der Waals surface area contributed by atoms with Crippen molar-refractivity contribution in [2.24, 2.45) is 11.8 Å². The number of benzene rings is 1. The van der Waals surface area contributed by atoms with Crippen LogP contribution in [0.1, 0.15) is 77.5 Å². The van der Waals surface area contributed by atoms with Gasteiger partial charge in [-0.1, -0.05) is 39.0 Å². The Morgan fingerprint density at radius 2 is 1.73 bits per heavy atom. The zero-order valence-corrected chi connectivity index (χ0v) is 19.1. The third-order valence-electron chi connectivity index (χ3n) is 7.68. The predicted molar refractivity (Wildman–Crippen MR) is 125 cm³/mol. The fourth-order valence-electron chi connectivity index (χ4n) is 5.76. The average Bonchev–Trinajstić information content (AvgIpc) is 3.16. The normalized spacial score (nSPS) is 23.9. The molecule has 0 bridgehead atoms. The molecule has 2 aromatic rings. The molecule has 30 heavy (non-hydrogen) atoms. The molecule has 1 saturated heterocycles. The van der Waals surface area contributed by atoms with Gasteiger partial charge in [-0.05, 0) is 67.9 Å². The van der Waals surface area contributed by atoms with Crippen molar-refractivity contribution in [1.82, 2.24) is 14.8 Å². The number of para-hydroxylation sites is 1. The lowest BCUT2D eigenvalue weighted by Gasteiger charge is -2.42. The largest absolute Gasteiger partial charge is 0.351 e. The number of aromatic nitrogens is 1. The number of amides is 1. The summed E-state index contributed by atoms with van der Waals surface area (Å²) in [5.74, 6) is 1.90. The minimum absolute atomic E-state index is 0.124. The Kier molecular flexibility index (Phi) is 6.82. The lowest BCUT2D eigenvalue weighted by Crippen LogP contribution is -2.44. The van der Waals surface area contributed by atoms with Gasteiger partial charge >= 0.3 is 0 Å². The van der Waals surface area contributed by atoms with Gasteiger partial charge in [-0.2, -0.15) is 0 Å². The number of hydrogen-bond donors (Lipinski definition) is 1. The minimum atomic E-state index is 0.124. The zero-order valence-electron chi connectivity index (χ0n) is 19.1. The van der Waals surface area contributed by atoms with Crippen LogP contribution in [0.25, 0.3) is 10.9 Å². The van der Waals surface area contributed by atoms with Crippen LogP contribution in [0.4, 0.5) is 0 Å². The van der Waals surface area contributed by atoms with Crippen molar-refractivity contribution in [2.75, 3.05) is 13.1 Å². The SMILES string of the molecule is CCC(=O)NCc1cc2ccccc2n1C1CCN(C2CCC(C(C)C)CC2)CC1. The number of nitrogens with one attached hydrogen (secondary N) is 1.